The molecule has 1 unspecified atom stereocenters. The summed E-state index contributed by atoms with van der Waals surface area (Å²) in [5, 5.41) is 12.9. The first-order chi connectivity index (χ1) is 13.7. The highest BCUT2D eigenvalue weighted by Gasteiger charge is 2.24. The number of hydrogen-bond acceptors (Lipinski definition) is 5. The van der Waals surface area contributed by atoms with Crippen molar-refractivity contribution in [2.24, 2.45) is 0 Å². The van der Waals surface area contributed by atoms with E-state index in [9.17, 15) is 4.79 Å². The van der Waals surface area contributed by atoms with Gasteiger partial charge in [-0.15, -0.1) is 10.2 Å². The third-order valence-electron chi connectivity index (χ3n) is 4.93. The van der Waals surface area contributed by atoms with Gasteiger partial charge in [0.15, 0.2) is 16.8 Å². The Morgan fingerprint density at radius 3 is 2.82 bits per heavy atom. The van der Waals surface area contributed by atoms with Crippen molar-refractivity contribution in [3.8, 4) is 11.4 Å². The summed E-state index contributed by atoms with van der Waals surface area (Å²) in [5.41, 5.74) is 3.36. The Labute approximate surface area is 177 Å². The van der Waals surface area contributed by atoms with Gasteiger partial charge in [0.05, 0.1) is 11.8 Å². The number of benzene rings is 2. The molecule has 4 rings (SSSR count). The number of rotatable bonds is 6. The molecule has 0 spiro atoms. The first-order valence-corrected chi connectivity index (χ1v) is 11.1. The first kappa shape index (κ1) is 19.2. The Hall–Kier alpha value is -2.12. The fourth-order valence-electron chi connectivity index (χ4n) is 3.44. The van der Waals surface area contributed by atoms with Crippen molar-refractivity contribution in [2.45, 2.75) is 37.5 Å². The third kappa shape index (κ3) is 3.86. The average molecular weight is 457 g/mol. The minimum Gasteiger partial charge on any atom is -0.375 e. The number of nitrogens with one attached hydrogen (secondary N) is 1. The summed E-state index contributed by atoms with van der Waals surface area (Å²) in [6.07, 6.45) is 1.76. The predicted molar refractivity (Wildman–Crippen MR) is 117 cm³/mol. The zero-order valence-electron chi connectivity index (χ0n) is 15.6. The number of carbonyl (C=O) groups excluding carboxylic acids is 1. The Morgan fingerprint density at radius 2 is 2.00 bits per heavy atom. The number of para-hydroxylation sites is 1. The molecule has 2 heterocycles. The molecule has 1 aromatic heterocycles. The number of nitrogens with zero attached hydrogens (tertiary/aromatic N) is 3. The minimum atomic E-state index is -0.136. The standard InChI is InChI=1S/C21H21BrN4OS/c1-2-26-20(15-8-4-5-9-16(15)22)24-25-21(26)28-13-19(27)18-12-11-14-7-3-6-10-17(14)23-18/h3-10,18,23H,2,11-13H2,1H3. The van der Waals surface area contributed by atoms with Gasteiger partial charge in [-0.2, -0.15) is 0 Å². The van der Waals surface area contributed by atoms with E-state index in [0.29, 0.717) is 5.75 Å². The summed E-state index contributed by atoms with van der Waals surface area (Å²) in [4.78, 5) is 12.8. The van der Waals surface area contributed by atoms with Crippen molar-refractivity contribution in [3.05, 3.63) is 58.6 Å². The van der Waals surface area contributed by atoms with Crippen LogP contribution in [0.4, 0.5) is 5.69 Å². The molecule has 28 heavy (non-hydrogen) atoms. The van der Waals surface area contributed by atoms with Crippen LogP contribution in [0.25, 0.3) is 11.4 Å². The van der Waals surface area contributed by atoms with Gasteiger partial charge in [0.25, 0.3) is 0 Å². The molecule has 0 aliphatic carbocycles. The number of hydrogen-bond donors (Lipinski definition) is 1. The van der Waals surface area contributed by atoms with Gasteiger partial charge >= 0.3 is 0 Å². The summed E-state index contributed by atoms with van der Waals surface area (Å²) in [6, 6.07) is 16.0. The molecule has 7 heteroatoms. The van der Waals surface area contributed by atoms with Gasteiger partial charge in [0.1, 0.15) is 0 Å². The number of aromatic nitrogens is 3. The Kier molecular flexibility index (Phi) is 5.82. The van der Waals surface area contributed by atoms with Gasteiger partial charge in [0.2, 0.25) is 0 Å². The zero-order chi connectivity index (χ0) is 19.5. The lowest BCUT2D eigenvalue weighted by Crippen LogP contribution is -2.34. The molecule has 0 fully saturated rings. The van der Waals surface area contributed by atoms with E-state index in [2.05, 4.69) is 49.0 Å². The van der Waals surface area contributed by atoms with Crippen LogP contribution < -0.4 is 5.32 Å². The second kappa shape index (κ2) is 8.49. The molecule has 1 N–H and O–H groups in total. The van der Waals surface area contributed by atoms with Crippen LogP contribution in [-0.2, 0) is 17.8 Å². The molecule has 1 atom stereocenters. The largest absolute Gasteiger partial charge is 0.375 e. The number of aryl methyl sites for hydroxylation is 1. The lowest BCUT2D eigenvalue weighted by atomic mass is 9.96. The molecular formula is C21H21BrN4OS. The Morgan fingerprint density at radius 1 is 1.21 bits per heavy atom. The molecule has 5 nitrogen and oxygen atoms in total. The molecular weight excluding hydrogens is 436 g/mol. The van der Waals surface area contributed by atoms with Gasteiger partial charge in [-0.05, 0) is 37.5 Å². The molecule has 1 aliphatic rings. The molecule has 0 saturated carbocycles. The maximum Gasteiger partial charge on any atom is 0.191 e. The van der Waals surface area contributed by atoms with E-state index >= 15 is 0 Å². The Balaban J connectivity index is 1.46. The van der Waals surface area contributed by atoms with E-state index in [1.165, 1.54) is 17.3 Å². The lowest BCUT2D eigenvalue weighted by molar-refractivity contribution is -0.117. The zero-order valence-corrected chi connectivity index (χ0v) is 18.0. The van der Waals surface area contributed by atoms with Gasteiger partial charge < -0.3 is 9.88 Å². The smallest absolute Gasteiger partial charge is 0.191 e. The number of carbonyl (C=O) groups is 1. The van der Waals surface area contributed by atoms with E-state index < -0.39 is 0 Å². The van der Waals surface area contributed by atoms with E-state index in [-0.39, 0.29) is 11.8 Å². The van der Waals surface area contributed by atoms with E-state index in [1.807, 2.05) is 42.5 Å². The quantitative estimate of drug-likeness (QED) is 0.538. The minimum absolute atomic E-state index is 0.136. The van der Waals surface area contributed by atoms with Crippen molar-refractivity contribution in [1.82, 2.24) is 14.8 Å². The van der Waals surface area contributed by atoms with Gasteiger partial charge in [-0.1, -0.05) is 64.1 Å². The van der Waals surface area contributed by atoms with E-state index in [4.69, 9.17) is 0 Å². The fraction of sp³-hybridized carbons (Fsp3) is 0.286. The van der Waals surface area contributed by atoms with Crippen LogP contribution in [0.15, 0.2) is 58.2 Å². The Bertz CT molecular complexity index is 1000. The number of ketones is 1. The second-order valence-electron chi connectivity index (χ2n) is 6.68. The topological polar surface area (TPSA) is 59.8 Å². The summed E-state index contributed by atoms with van der Waals surface area (Å²) in [6.45, 7) is 2.81. The van der Waals surface area contributed by atoms with Crippen molar-refractivity contribution < 1.29 is 4.79 Å². The monoisotopic (exact) mass is 456 g/mol. The summed E-state index contributed by atoms with van der Waals surface area (Å²) in [5.74, 6) is 1.40. The van der Waals surface area contributed by atoms with Crippen molar-refractivity contribution in [1.29, 1.82) is 0 Å². The molecule has 3 aromatic rings. The van der Waals surface area contributed by atoms with E-state index in [0.717, 1.165) is 46.1 Å². The molecule has 2 aromatic carbocycles. The molecule has 144 valence electrons. The van der Waals surface area contributed by atoms with Gasteiger partial charge in [-0.25, -0.2) is 0 Å². The highest BCUT2D eigenvalue weighted by molar-refractivity contribution is 9.10. The number of fused-ring (bicyclic) bond motifs is 1. The van der Waals surface area contributed by atoms with Crippen LogP contribution in [0.3, 0.4) is 0 Å². The summed E-state index contributed by atoms with van der Waals surface area (Å²) < 4.78 is 3.04. The summed E-state index contributed by atoms with van der Waals surface area (Å²) >= 11 is 5.04. The molecule has 0 bridgehead atoms. The fourth-order valence-corrected chi connectivity index (χ4v) is 4.84. The normalized spacial score (nSPS) is 15.7. The number of thioether (sulfide) groups is 1. The van der Waals surface area contributed by atoms with Crippen LogP contribution in [0, 0.1) is 0 Å². The molecule has 0 radical (unpaired) electrons. The maximum absolute atomic E-state index is 12.8. The third-order valence-corrected chi connectivity index (χ3v) is 6.61. The summed E-state index contributed by atoms with van der Waals surface area (Å²) in [7, 11) is 0. The molecule has 1 aliphatic heterocycles. The highest BCUT2D eigenvalue weighted by Crippen LogP contribution is 2.30. The maximum atomic E-state index is 12.8. The highest BCUT2D eigenvalue weighted by atomic mass is 79.9. The van der Waals surface area contributed by atoms with Crippen LogP contribution in [-0.4, -0.2) is 32.3 Å². The van der Waals surface area contributed by atoms with Crippen LogP contribution in [0.2, 0.25) is 0 Å². The van der Waals surface area contributed by atoms with Crippen molar-refractivity contribution in [3.63, 3.8) is 0 Å². The first-order valence-electron chi connectivity index (χ1n) is 9.35. The van der Waals surface area contributed by atoms with Crippen molar-refractivity contribution >= 4 is 39.2 Å². The number of halogens is 1. The van der Waals surface area contributed by atoms with Crippen LogP contribution in [0.1, 0.15) is 18.9 Å². The predicted octanol–water partition coefficient (Wildman–Crippen LogP) is 4.82. The van der Waals surface area contributed by atoms with Gasteiger partial charge in [-0.3, -0.25) is 4.79 Å². The van der Waals surface area contributed by atoms with Crippen molar-refractivity contribution in [2.75, 3.05) is 11.1 Å². The SMILES string of the molecule is CCn1c(SCC(=O)C2CCc3ccccc3N2)nnc1-c1ccccc1Br. The number of Topliss-reactive ketones (excluding diaryl/α,β-unsaturated/α-hetero) is 1. The van der Waals surface area contributed by atoms with Crippen LogP contribution >= 0.6 is 27.7 Å². The molecule has 0 saturated heterocycles. The van der Waals surface area contributed by atoms with Gasteiger partial charge in [0, 0.05) is 22.3 Å². The van der Waals surface area contributed by atoms with Crippen LogP contribution in [0.5, 0.6) is 0 Å². The average Bonchev–Trinajstić information content (AvgIpc) is 3.14. The molecule has 0 amide bonds. The van der Waals surface area contributed by atoms with E-state index in [1.54, 1.807) is 0 Å². The lowest BCUT2D eigenvalue weighted by Gasteiger charge is -2.25. The second-order valence-corrected chi connectivity index (χ2v) is 8.47. The number of anilines is 1.